The Morgan fingerprint density at radius 2 is 1.84 bits per heavy atom. The highest BCUT2D eigenvalue weighted by Crippen LogP contribution is 2.74. The van der Waals surface area contributed by atoms with Crippen LogP contribution in [0.3, 0.4) is 0 Å². The van der Waals surface area contributed by atoms with Crippen molar-refractivity contribution in [3.05, 3.63) is 23.8 Å². The Morgan fingerprint density at radius 3 is 2.44 bits per heavy atom. The largest absolute Gasteiger partial charge is 0.481 e. The van der Waals surface area contributed by atoms with Crippen LogP contribution in [0, 0.1) is 28.6 Å². The molecule has 0 aromatic carbocycles. The van der Waals surface area contributed by atoms with Gasteiger partial charge in [0.2, 0.25) is 5.12 Å². The summed E-state index contributed by atoms with van der Waals surface area (Å²) in [7, 11) is -11.0. The van der Waals surface area contributed by atoms with Gasteiger partial charge >= 0.3 is 21.6 Å². The molecule has 3 fully saturated rings. The lowest BCUT2D eigenvalue weighted by Crippen LogP contribution is -2.71. The van der Waals surface area contributed by atoms with Crippen LogP contribution in [0.2, 0.25) is 0 Å². The molecule has 4 rings (SSSR count). The topological polar surface area (TPSA) is 189 Å². The number of hydrogen-bond acceptors (Lipinski definition) is 11. The maximum atomic E-state index is 18.3. The van der Waals surface area contributed by atoms with Crippen LogP contribution in [0.25, 0.3) is 0 Å². The number of thioether (sulfide) groups is 1. The SMILES string of the molecule is CCC(=O)OC1(C(=O)SCF)C(C)CC2C3CC(F)C4=CC(=O)C=CC4(C)C3(F)C(OP(=O)(O)OP(=O)(O)OCCN)CC21C. The van der Waals surface area contributed by atoms with Crippen molar-refractivity contribution in [1.82, 2.24) is 0 Å². The van der Waals surface area contributed by atoms with Gasteiger partial charge in [-0.2, -0.15) is 4.31 Å². The molecule has 12 nitrogen and oxygen atoms in total. The Balaban J connectivity index is 1.93. The molecular weight excluding hydrogens is 665 g/mol. The molecule has 4 aliphatic rings. The van der Waals surface area contributed by atoms with Gasteiger partial charge in [0.15, 0.2) is 17.1 Å². The first-order valence-corrected chi connectivity index (χ1v) is 18.4. The summed E-state index contributed by atoms with van der Waals surface area (Å²) >= 11 is 0.240. The quantitative estimate of drug-likeness (QED) is 0.200. The summed E-state index contributed by atoms with van der Waals surface area (Å²) in [5.41, 5.74) is -3.45. The fraction of sp³-hybridized carbons (Fsp3) is 0.741. The molecule has 11 unspecified atom stereocenters. The van der Waals surface area contributed by atoms with Gasteiger partial charge in [-0.1, -0.05) is 26.8 Å². The first kappa shape index (κ1) is 36.5. The number of esters is 1. The lowest BCUT2D eigenvalue weighted by molar-refractivity contribution is -0.225. The summed E-state index contributed by atoms with van der Waals surface area (Å²) in [5.74, 6) is -4.58. The molecule has 0 aromatic rings. The number of ether oxygens (including phenoxy) is 1. The molecule has 0 amide bonds. The molecule has 0 heterocycles. The number of carbonyl (C=O) groups excluding carboxylic acids is 3. The molecule has 18 heteroatoms. The van der Waals surface area contributed by atoms with Crippen LogP contribution in [0.1, 0.15) is 53.4 Å². The van der Waals surface area contributed by atoms with Crippen LogP contribution in [0.4, 0.5) is 13.2 Å². The van der Waals surface area contributed by atoms with E-state index in [0.29, 0.717) is 0 Å². The molecule has 3 saturated carbocycles. The molecule has 11 atom stereocenters. The van der Waals surface area contributed by atoms with Crippen LogP contribution in [-0.2, 0) is 41.6 Å². The van der Waals surface area contributed by atoms with E-state index in [2.05, 4.69) is 8.83 Å². The number of ketones is 1. The monoisotopic (exact) mass is 703 g/mol. The number of phosphoric ester groups is 2. The van der Waals surface area contributed by atoms with E-state index in [0.717, 1.165) is 18.2 Å². The molecule has 0 spiro atoms. The zero-order chi connectivity index (χ0) is 33.8. The number of allylic oxidation sites excluding steroid dienone is 4. The van der Waals surface area contributed by atoms with Crippen molar-refractivity contribution in [2.24, 2.45) is 34.3 Å². The van der Waals surface area contributed by atoms with Crippen LogP contribution >= 0.6 is 27.4 Å². The van der Waals surface area contributed by atoms with Gasteiger partial charge in [-0.25, -0.2) is 22.3 Å². The molecule has 4 aliphatic carbocycles. The van der Waals surface area contributed by atoms with Crippen LogP contribution in [0.15, 0.2) is 23.8 Å². The Hall–Kier alpha value is -1.35. The third kappa shape index (κ3) is 5.86. The maximum Gasteiger partial charge on any atom is 0.481 e. The summed E-state index contributed by atoms with van der Waals surface area (Å²) in [6.07, 6.45) is -2.16. The normalized spacial score (nSPS) is 41.6. The Morgan fingerprint density at radius 1 is 1.18 bits per heavy atom. The molecule has 0 radical (unpaired) electrons. The zero-order valence-corrected chi connectivity index (χ0v) is 27.8. The Bertz CT molecular complexity index is 1400. The first-order chi connectivity index (χ1) is 20.8. The number of halogens is 3. The van der Waals surface area contributed by atoms with Gasteiger partial charge in [-0.05, 0) is 61.6 Å². The lowest BCUT2D eigenvalue weighted by atomic mass is 9.44. The van der Waals surface area contributed by atoms with Gasteiger partial charge in [0, 0.05) is 35.6 Å². The summed E-state index contributed by atoms with van der Waals surface area (Å²) in [5, 5.41) is -0.879. The minimum atomic E-state index is -5.71. The zero-order valence-electron chi connectivity index (χ0n) is 25.2. The van der Waals surface area contributed by atoms with Gasteiger partial charge in [0.25, 0.3) is 0 Å². The van der Waals surface area contributed by atoms with Gasteiger partial charge in [0.05, 0.1) is 6.61 Å². The minimum Gasteiger partial charge on any atom is -0.449 e. The van der Waals surface area contributed by atoms with E-state index in [4.69, 9.17) is 15.0 Å². The van der Waals surface area contributed by atoms with E-state index in [1.165, 1.54) is 20.8 Å². The second kappa shape index (κ2) is 12.6. The van der Waals surface area contributed by atoms with Crippen LogP contribution in [0.5, 0.6) is 0 Å². The number of phosphoric acid groups is 2. The third-order valence-corrected chi connectivity index (χ3v) is 13.4. The highest BCUT2D eigenvalue weighted by Gasteiger charge is 2.79. The third-order valence-electron chi connectivity index (χ3n) is 10.0. The van der Waals surface area contributed by atoms with Crippen molar-refractivity contribution in [3.8, 4) is 0 Å². The molecule has 0 saturated heterocycles. The summed E-state index contributed by atoms with van der Waals surface area (Å²) in [6.45, 7) is 5.01. The minimum absolute atomic E-state index is 0.0195. The molecule has 0 bridgehead atoms. The van der Waals surface area contributed by atoms with Crippen molar-refractivity contribution in [2.45, 2.75) is 76.9 Å². The van der Waals surface area contributed by atoms with Crippen LogP contribution < -0.4 is 5.73 Å². The highest BCUT2D eigenvalue weighted by molar-refractivity contribution is 8.13. The average Bonchev–Trinajstić information content (AvgIpc) is 3.16. The summed E-state index contributed by atoms with van der Waals surface area (Å²) in [4.78, 5) is 59.5. The second-order valence-corrected chi connectivity index (χ2v) is 16.2. The smallest absolute Gasteiger partial charge is 0.449 e. The standard InChI is InChI=1S/C27H38F3NO11P2S/c1-5-22(33)40-27(23(34)45-14-28)15(2)10-17-18-12-20(29)19-11-16(32)6-7-24(19,3)26(18,30)21(13-25(17,27)4)41-44(37,38)42-43(35,36)39-9-8-31/h6-7,11,15,17-18,20-21H,5,8-10,12-14,31H2,1-4H3,(H,35,36)(H,37,38). The highest BCUT2D eigenvalue weighted by atomic mass is 32.2. The lowest BCUT2D eigenvalue weighted by Gasteiger charge is -2.63. The van der Waals surface area contributed by atoms with Crippen molar-refractivity contribution >= 4 is 44.3 Å². The number of fused-ring (bicyclic) bond motifs is 5. The van der Waals surface area contributed by atoms with E-state index in [1.807, 2.05) is 0 Å². The van der Waals surface area contributed by atoms with Crippen LogP contribution in [-0.4, -0.2) is 69.4 Å². The fourth-order valence-electron chi connectivity index (χ4n) is 8.21. The molecule has 45 heavy (non-hydrogen) atoms. The van der Waals surface area contributed by atoms with E-state index in [9.17, 15) is 37.7 Å². The Kier molecular flexibility index (Phi) is 10.2. The summed E-state index contributed by atoms with van der Waals surface area (Å²) < 4.78 is 93.8. The van der Waals surface area contributed by atoms with Gasteiger partial charge in [-0.3, -0.25) is 23.4 Å². The maximum absolute atomic E-state index is 18.3. The van der Waals surface area contributed by atoms with E-state index in [-0.39, 0.29) is 36.7 Å². The molecule has 4 N–H and O–H groups in total. The molecule has 254 valence electrons. The number of nitrogens with two attached hydrogens (primary N) is 1. The second-order valence-electron chi connectivity index (χ2n) is 12.3. The van der Waals surface area contributed by atoms with E-state index < -0.39 is 110 Å². The first-order valence-electron chi connectivity index (χ1n) is 14.4. The number of carbonyl (C=O) groups is 3. The molecule has 0 aromatic heterocycles. The van der Waals surface area contributed by atoms with Gasteiger partial charge in [-0.15, -0.1) is 0 Å². The van der Waals surface area contributed by atoms with E-state index >= 15 is 8.78 Å². The van der Waals surface area contributed by atoms with Crippen molar-refractivity contribution in [2.75, 3.05) is 19.2 Å². The van der Waals surface area contributed by atoms with E-state index in [1.54, 1.807) is 6.92 Å². The van der Waals surface area contributed by atoms with Gasteiger partial charge in [0.1, 0.15) is 18.3 Å². The number of alkyl halides is 3. The predicted octanol–water partition coefficient (Wildman–Crippen LogP) is 4.65. The average molecular weight is 704 g/mol. The Labute approximate surface area is 262 Å². The fourth-order valence-corrected chi connectivity index (χ4v) is 11.3. The predicted molar refractivity (Wildman–Crippen MR) is 155 cm³/mol. The van der Waals surface area contributed by atoms with Crippen molar-refractivity contribution < 1.29 is 64.6 Å². The van der Waals surface area contributed by atoms with Crippen molar-refractivity contribution in [1.29, 1.82) is 0 Å². The number of hydrogen-bond donors (Lipinski definition) is 3. The number of rotatable bonds is 11. The van der Waals surface area contributed by atoms with Crippen molar-refractivity contribution in [3.63, 3.8) is 0 Å². The van der Waals surface area contributed by atoms with Gasteiger partial charge < -0.3 is 20.3 Å². The molecule has 0 aliphatic heterocycles. The molecular formula is C27H38F3NO11P2S. The summed E-state index contributed by atoms with van der Waals surface area (Å²) in [6, 6.07) is -1.18.